The topological polar surface area (TPSA) is 57.7 Å². The molecule has 1 unspecified atom stereocenters. The number of para-hydroxylation sites is 1. The summed E-state index contributed by atoms with van der Waals surface area (Å²) < 4.78 is 13.3. The average molecular weight is 408 g/mol. The SMILES string of the molecule is O=C1CC(N(Cc2ccc(F)cc2)C(=O)C2CCCCC2)C(=O)N1c1ccccc1. The van der Waals surface area contributed by atoms with E-state index in [0.29, 0.717) is 5.69 Å². The predicted molar refractivity (Wildman–Crippen MR) is 111 cm³/mol. The first kappa shape index (κ1) is 20.3. The van der Waals surface area contributed by atoms with Crippen molar-refractivity contribution in [1.29, 1.82) is 0 Å². The number of anilines is 1. The van der Waals surface area contributed by atoms with Gasteiger partial charge in [-0.3, -0.25) is 14.4 Å². The van der Waals surface area contributed by atoms with Crippen molar-refractivity contribution in [3.05, 3.63) is 66.0 Å². The van der Waals surface area contributed by atoms with Crippen molar-refractivity contribution in [3.8, 4) is 0 Å². The Morgan fingerprint density at radius 1 is 0.967 bits per heavy atom. The summed E-state index contributed by atoms with van der Waals surface area (Å²) in [6, 6.07) is 13.9. The number of hydrogen-bond donors (Lipinski definition) is 0. The summed E-state index contributed by atoms with van der Waals surface area (Å²) in [7, 11) is 0. The summed E-state index contributed by atoms with van der Waals surface area (Å²) in [5.41, 5.74) is 1.25. The molecule has 4 rings (SSSR count). The molecule has 2 aromatic rings. The van der Waals surface area contributed by atoms with Crippen molar-refractivity contribution < 1.29 is 18.8 Å². The van der Waals surface area contributed by atoms with Crippen LogP contribution in [0.15, 0.2) is 54.6 Å². The van der Waals surface area contributed by atoms with Crippen LogP contribution < -0.4 is 4.90 Å². The van der Waals surface area contributed by atoms with Crippen molar-refractivity contribution in [2.45, 2.75) is 51.1 Å². The third-order valence-electron chi connectivity index (χ3n) is 6.02. The minimum Gasteiger partial charge on any atom is -0.326 e. The summed E-state index contributed by atoms with van der Waals surface area (Å²) in [5, 5.41) is 0. The van der Waals surface area contributed by atoms with Gasteiger partial charge in [-0.15, -0.1) is 0 Å². The van der Waals surface area contributed by atoms with Gasteiger partial charge in [-0.1, -0.05) is 49.6 Å². The quantitative estimate of drug-likeness (QED) is 0.701. The second-order valence-electron chi connectivity index (χ2n) is 8.05. The van der Waals surface area contributed by atoms with Crippen LogP contribution in [0.2, 0.25) is 0 Å². The van der Waals surface area contributed by atoms with E-state index in [1.54, 1.807) is 41.3 Å². The number of rotatable bonds is 5. The van der Waals surface area contributed by atoms with Crippen molar-refractivity contribution in [2.75, 3.05) is 4.90 Å². The highest BCUT2D eigenvalue weighted by atomic mass is 19.1. The van der Waals surface area contributed by atoms with Gasteiger partial charge >= 0.3 is 0 Å². The van der Waals surface area contributed by atoms with Crippen molar-refractivity contribution in [3.63, 3.8) is 0 Å². The van der Waals surface area contributed by atoms with Crippen molar-refractivity contribution in [1.82, 2.24) is 4.90 Å². The molecule has 1 aliphatic heterocycles. The van der Waals surface area contributed by atoms with E-state index in [2.05, 4.69) is 0 Å². The van der Waals surface area contributed by atoms with E-state index in [1.807, 2.05) is 6.07 Å². The summed E-state index contributed by atoms with van der Waals surface area (Å²) in [6.45, 7) is 0.182. The van der Waals surface area contributed by atoms with Gasteiger partial charge in [-0.2, -0.15) is 0 Å². The molecule has 0 bridgehead atoms. The Balaban J connectivity index is 1.62. The van der Waals surface area contributed by atoms with Crippen LogP contribution in [0.4, 0.5) is 10.1 Å². The van der Waals surface area contributed by atoms with Crippen LogP contribution >= 0.6 is 0 Å². The molecule has 2 aliphatic rings. The summed E-state index contributed by atoms with van der Waals surface area (Å²) in [4.78, 5) is 42.1. The molecule has 1 saturated heterocycles. The molecule has 2 fully saturated rings. The highest BCUT2D eigenvalue weighted by Gasteiger charge is 2.45. The summed E-state index contributed by atoms with van der Waals surface area (Å²) in [6.07, 6.45) is 4.67. The molecule has 1 aliphatic carbocycles. The molecule has 30 heavy (non-hydrogen) atoms. The van der Waals surface area contributed by atoms with Crippen LogP contribution in [0.1, 0.15) is 44.1 Å². The first-order valence-electron chi connectivity index (χ1n) is 10.5. The fraction of sp³-hybridized carbons (Fsp3) is 0.375. The molecule has 6 heteroatoms. The van der Waals surface area contributed by atoms with Gasteiger partial charge in [0.2, 0.25) is 11.8 Å². The molecule has 156 valence electrons. The molecule has 1 atom stereocenters. The fourth-order valence-electron chi connectivity index (χ4n) is 4.42. The lowest BCUT2D eigenvalue weighted by Gasteiger charge is -2.32. The Kier molecular flexibility index (Phi) is 5.93. The summed E-state index contributed by atoms with van der Waals surface area (Å²) in [5.74, 6) is -1.26. The van der Waals surface area contributed by atoms with E-state index < -0.39 is 6.04 Å². The lowest BCUT2D eigenvalue weighted by molar-refractivity contribution is -0.143. The number of carbonyl (C=O) groups is 3. The van der Waals surface area contributed by atoms with E-state index in [9.17, 15) is 18.8 Å². The third-order valence-corrected chi connectivity index (χ3v) is 6.02. The lowest BCUT2D eigenvalue weighted by Crippen LogP contribution is -2.47. The molecular weight excluding hydrogens is 383 g/mol. The van der Waals surface area contributed by atoms with Gasteiger partial charge in [-0.05, 0) is 42.7 Å². The van der Waals surface area contributed by atoms with Gasteiger partial charge in [0.1, 0.15) is 11.9 Å². The third kappa shape index (κ3) is 4.13. The first-order valence-corrected chi connectivity index (χ1v) is 10.5. The molecule has 0 radical (unpaired) electrons. The second kappa shape index (κ2) is 8.78. The number of nitrogens with zero attached hydrogens (tertiary/aromatic N) is 2. The van der Waals surface area contributed by atoms with Crippen LogP contribution in [0.5, 0.6) is 0 Å². The smallest absolute Gasteiger partial charge is 0.257 e. The zero-order valence-electron chi connectivity index (χ0n) is 16.8. The number of carbonyl (C=O) groups excluding carboxylic acids is 3. The number of hydrogen-bond acceptors (Lipinski definition) is 3. The van der Waals surface area contributed by atoms with E-state index in [4.69, 9.17) is 0 Å². The molecule has 0 spiro atoms. The van der Waals surface area contributed by atoms with Gasteiger partial charge in [0.25, 0.3) is 5.91 Å². The maximum absolute atomic E-state index is 13.4. The standard InChI is InChI=1S/C24H25FN2O3/c25-19-13-11-17(12-14-19)16-26(23(29)18-7-3-1-4-8-18)21-15-22(28)27(24(21)30)20-9-5-2-6-10-20/h2,5-6,9-14,18,21H,1,3-4,7-8,15-16H2. The normalized spacial score (nSPS) is 19.9. The minimum absolute atomic E-state index is 0.0343. The summed E-state index contributed by atoms with van der Waals surface area (Å²) >= 11 is 0. The van der Waals surface area contributed by atoms with Crippen molar-refractivity contribution in [2.24, 2.45) is 5.92 Å². The largest absolute Gasteiger partial charge is 0.326 e. The first-order chi connectivity index (χ1) is 14.5. The second-order valence-corrected chi connectivity index (χ2v) is 8.05. The highest BCUT2D eigenvalue weighted by molar-refractivity contribution is 6.23. The van der Waals surface area contributed by atoms with Crippen LogP contribution in [-0.2, 0) is 20.9 Å². The van der Waals surface area contributed by atoms with Gasteiger partial charge in [0.15, 0.2) is 0 Å². The van der Waals surface area contributed by atoms with Gasteiger partial charge in [-0.25, -0.2) is 9.29 Å². The Morgan fingerprint density at radius 2 is 1.63 bits per heavy atom. The van der Waals surface area contributed by atoms with E-state index in [0.717, 1.165) is 37.7 Å². The predicted octanol–water partition coefficient (Wildman–Crippen LogP) is 4.07. The average Bonchev–Trinajstić information content (AvgIpc) is 3.07. The highest BCUT2D eigenvalue weighted by Crippen LogP contribution is 2.31. The molecular formula is C24H25FN2O3. The molecule has 0 N–H and O–H groups in total. The Hall–Kier alpha value is -3.02. The Bertz CT molecular complexity index is 923. The Labute approximate surface area is 175 Å². The van der Waals surface area contributed by atoms with E-state index >= 15 is 0 Å². The number of imide groups is 1. The molecule has 1 heterocycles. The zero-order chi connectivity index (χ0) is 21.1. The fourth-order valence-corrected chi connectivity index (χ4v) is 4.42. The van der Waals surface area contributed by atoms with Crippen molar-refractivity contribution >= 4 is 23.4 Å². The Morgan fingerprint density at radius 3 is 2.30 bits per heavy atom. The molecule has 1 saturated carbocycles. The zero-order valence-corrected chi connectivity index (χ0v) is 16.8. The molecule has 0 aromatic heterocycles. The minimum atomic E-state index is -0.836. The van der Waals surface area contributed by atoms with E-state index in [1.165, 1.54) is 17.0 Å². The maximum Gasteiger partial charge on any atom is 0.257 e. The number of benzene rings is 2. The van der Waals surface area contributed by atoms with Gasteiger partial charge < -0.3 is 4.90 Å². The van der Waals surface area contributed by atoms with Crippen LogP contribution in [0.3, 0.4) is 0 Å². The molecule has 5 nitrogen and oxygen atoms in total. The lowest BCUT2D eigenvalue weighted by atomic mass is 9.87. The number of amides is 3. The maximum atomic E-state index is 13.4. The van der Waals surface area contributed by atoms with Gasteiger partial charge in [0.05, 0.1) is 12.1 Å². The van der Waals surface area contributed by atoms with Crippen LogP contribution in [-0.4, -0.2) is 28.7 Å². The number of halogens is 1. The molecule has 3 amide bonds. The van der Waals surface area contributed by atoms with Crippen LogP contribution in [0.25, 0.3) is 0 Å². The van der Waals surface area contributed by atoms with E-state index in [-0.39, 0.29) is 42.4 Å². The van der Waals surface area contributed by atoms with Gasteiger partial charge in [0, 0.05) is 12.5 Å². The monoisotopic (exact) mass is 408 g/mol. The van der Waals surface area contributed by atoms with Crippen LogP contribution in [0, 0.1) is 11.7 Å². The molecule has 2 aromatic carbocycles.